The van der Waals surface area contributed by atoms with E-state index in [0.29, 0.717) is 5.92 Å². The maximum atomic E-state index is 12.1. The zero-order valence-corrected chi connectivity index (χ0v) is 13.6. The first kappa shape index (κ1) is 15.5. The van der Waals surface area contributed by atoms with Gasteiger partial charge in [-0.1, -0.05) is 11.7 Å². The Balaban J connectivity index is 1.92. The van der Waals surface area contributed by atoms with Gasteiger partial charge in [-0.05, 0) is 56.7 Å². The summed E-state index contributed by atoms with van der Waals surface area (Å²) in [5, 5.41) is 3.34. The second-order valence-electron chi connectivity index (χ2n) is 6.22. The number of hydrogen-bond donors (Lipinski definition) is 2. The van der Waals surface area contributed by atoms with Crippen molar-refractivity contribution < 1.29 is 4.79 Å². The third-order valence-electron chi connectivity index (χ3n) is 3.99. The Bertz CT molecular complexity index is 313. The van der Waals surface area contributed by atoms with E-state index in [2.05, 4.69) is 40.3 Å². The Hall–Kier alpha value is 0.0900. The van der Waals surface area contributed by atoms with Crippen LogP contribution in [-0.4, -0.2) is 54.4 Å². The molecule has 2 fully saturated rings. The summed E-state index contributed by atoms with van der Waals surface area (Å²) in [6, 6.07) is 0. The lowest BCUT2D eigenvalue weighted by Crippen LogP contribution is -2.59. The van der Waals surface area contributed by atoms with Crippen molar-refractivity contribution in [2.24, 2.45) is 5.92 Å². The molecule has 0 bridgehead atoms. The van der Waals surface area contributed by atoms with Gasteiger partial charge in [0.15, 0.2) is 0 Å². The number of carbonyl (C=O) groups excluding carboxylic acids is 1. The summed E-state index contributed by atoms with van der Waals surface area (Å²) < 4.78 is 2.25. The number of carbonyl (C=O) groups is 1. The van der Waals surface area contributed by atoms with Crippen LogP contribution >= 0.6 is 22.6 Å². The van der Waals surface area contributed by atoms with Crippen molar-refractivity contribution in [3.05, 3.63) is 0 Å². The van der Waals surface area contributed by atoms with Gasteiger partial charge in [-0.15, -0.1) is 0 Å². The van der Waals surface area contributed by atoms with Gasteiger partial charge in [-0.3, -0.25) is 4.79 Å². The molecule has 0 atom stereocenters. The number of nitrogens with one attached hydrogen (secondary N) is 1. The van der Waals surface area contributed by atoms with Crippen molar-refractivity contribution in [2.75, 3.05) is 33.7 Å². The maximum absolute atomic E-state index is 12.1. The molecule has 1 aliphatic carbocycles. The molecule has 0 aromatic heterocycles. The Morgan fingerprint density at radius 3 is 2.53 bits per heavy atom. The van der Waals surface area contributed by atoms with Gasteiger partial charge >= 0.3 is 0 Å². The van der Waals surface area contributed by atoms with Crippen LogP contribution in [0.15, 0.2) is 0 Å². The van der Waals surface area contributed by atoms with E-state index in [4.69, 9.17) is 0 Å². The summed E-state index contributed by atoms with van der Waals surface area (Å²) in [5.41, 5.74) is -0.0461. The smallest absolute Gasteiger partial charge is 0.220 e. The van der Waals surface area contributed by atoms with Gasteiger partial charge in [0.05, 0.1) is 5.54 Å². The average Bonchev–Trinajstić information content (AvgIpc) is 3.12. The summed E-state index contributed by atoms with van der Waals surface area (Å²) >= 11 is 4.26. The molecular weight excluding hydrogens is 278 g/mol. The topological polar surface area (TPSA) is 35.6 Å². The van der Waals surface area contributed by atoms with Crippen molar-refractivity contribution in [2.45, 2.75) is 37.6 Å². The van der Waals surface area contributed by atoms with Crippen molar-refractivity contribution in [3.63, 3.8) is 0 Å². The van der Waals surface area contributed by atoms with Crippen LogP contribution in [0.3, 0.4) is 0 Å². The molecule has 1 N–H and O–H groups in total. The number of likely N-dealkylation sites (N-methyl/N-ethyl adjacent to an activating group) is 1. The number of thiol groups is 1. The Labute approximate surface area is 125 Å². The molecule has 1 heterocycles. The SMILES string of the molecule is CN(C)CC1(NC(=O)CC2CC2)CCN(SS)CC1. The molecule has 19 heavy (non-hydrogen) atoms. The minimum atomic E-state index is -0.0461. The van der Waals surface area contributed by atoms with Crippen molar-refractivity contribution in [1.29, 1.82) is 0 Å². The van der Waals surface area contributed by atoms with E-state index < -0.39 is 0 Å². The normalized spacial score (nSPS) is 23.6. The average molecular weight is 303 g/mol. The standard InChI is InChI=1S/C13H25N3OS2/c1-15(2)10-13(5-7-16(19-18)8-6-13)14-12(17)9-11-3-4-11/h11,18H,3-10H2,1-2H3,(H,14,17). The first-order valence-electron chi connectivity index (χ1n) is 7.05. The highest BCUT2D eigenvalue weighted by Gasteiger charge is 2.37. The number of nitrogens with zero attached hydrogens (tertiary/aromatic N) is 2. The Morgan fingerprint density at radius 1 is 1.42 bits per heavy atom. The largest absolute Gasteiger partial charge is 0.349 e. The highest BCUT2D eigenvalue weighted by atomic mass is 33.1. The maximum Gasteiger partial charge on any atom is 0.220 e. The fourth-order valence-electron chi connectivity index (χ4n) is 2.85. The van der Waals surface area contributed by atoms with Crippen LogP contribution < -0.4 is 5.32 Å². The highest BCUT2D eigenvalue weighted by molar-refractivity contribution is 8.67. The van der Waals surface area contributed by atoms with E-state index in [-0.39, 0.29) is 11.4 Å². The zero-order valence-electron chi connectivity index (χ0n) is 11.9. The van der Waals surface area contributed by atoms with Gasteiger partial charge in [0, 0.05) is 26.1 Å². The molecule has 2 rings (SSSR count). The van der Waals surface area contributed by atoms with Crippen molar-refractivity contribution in [1.82, 2.24) is 14.5 Å². The molecule has 2 aliphatic rings. The molecule has 1 saturated heterocycles. The number of amides is 1. The highest BCUT2D eigenvalue weighted by Crippen LogP contribution is 2.33. The third-order valence-corrected chi connectivity index (χ3v) is 5.28. The second-order valence-corrected chi connectivity index (χ2v) is 7.39. The quantitative estimate of drug-likeness (QED) is 0.445. The van der Waals surface area contributed by atoms with Gasteiger partial charge in [0.1, 0.15) is 0 Å². The fraction of sp³-hybridized carbons (Fsp3) is 0.923. The molecule has 4 nitrogen and oxygen atoms in total. The zero-order chi connectivity index (χ0) is 13.9. The molecular formula is C13H25N3OS2. The molecule has 110 valence electrons. The van der Waals surface area contributed by atoms with Crippen molar-refractivity contribution >= 4 is 28.5 Å². The van der Waals surface area contributed by atoms with Gasteiger partial charge in [-0.2, -0.15) is 0 Å². The molecule has 0 radical (unpaired) electrons. The predicted octanol–water partition coefficient (Wildman–Crippen LogP) is 1.79. The lowest BCUT2D eigenvalue weighted by Gasteiger charge is -2.43. The van der Waals surface area contributed by atoms with Gasteiger partial charge in [0.2, 0.25) is 5.91 Å². The van der Waals surface area contributed by atoms with Crippen LogP contribution in [0, 0.1) is 5.92 Å². The lowest BCUT2D eigenvalue weighted by atomic mass is 9.87. The molecule has 1 aliphatic heterocycles. The van der Waals surface area contributed by atoms with Crippen molar-refractivity contribution in [3.8, 4) is 0 Å². The van der Waals surface area contributed by atoms with Crippen LogP contribution in [0.4, 0.5) is 0 Å². The molecule has 0 aromatic carbocycles. The van der Waals surface area contributed by atoms with Crippen LogP contribution in [0.2, 0.25) is 0 Å². The first-order chi connectivity index (χ1) is 9.03. The molecule has 0 aromatic rings. The molecule has 1 amide bonds. The second kappa shape index (κ2) is 6.70. The summed E-state index contributed by atoms with van der Waals surface area (Å²) in [6.45, 7) is 2.91. The van der Waals surface area contributed by atoms with Gasteiger partial charge in [0.25, 0.3) is 0 Å². The van der Waals surface area contributed by atoms with Crippen LogP contribution in [0.5, 0.6) is 0 Å². The van der Waals surface area contributed by atoms with E-state index in [9.17, 15) is 4.79 Å². The molecule has 6 heteroatoms. The number of rotatable bonds is 6. The summed E-state index contributed by atoms with van der Waals surface area (Å²) in [7, 11) is 5.66. The van der Waals surface area contributed by atoms with Gasteiger partial charge < -0.3 is 10.2 Å². The lowest BCUT2D eigenvalue weighted by molar-refractivity contribution is -0.124. The van der Waals surface area contributed by atoms with E-state index >= 15 is 0 Å². The van der Waals surface area contributed by atoms with Crippen LogP contribution in [0.25, 0.3) is 0 Å². The minimum absolute atomic E-state index is 0.0461. The van der Waals surface area contributed by atoms with Crippen LogP contribution in [-0.2, 0) is 4.79 Å². The first-order valence-corrected chi connectivity index (χ1v) is 8.88. The summed E-state index contributed by atoms with van der Waals surface area (Å²) in [4.78, 5) is 14.3. The number of hydrogen-bond acceptors (Lipinski definition) is 5. The van der Waals surface area contributed by atoms with E-state index in [0.717, 1.165) is 38.9 Å². The monoisotopic (exact) mass is 303 g/mol. The van der Waals surface area contributed by atoms with E-state index in [1.165, 1.54) is 23.8 Å². The van der Waals surface area contributed by atoms with Gasteiger partial charge in [-0.25, -0.2) is 4.31 Å². The van der Waals surface area contributed by atoms with E-state index in [1.54, 1.807) is 0 Å². The Morgan fingerprint density at radius 2 is 2.05 bits per heavy atom. The third kappa shape index (κ3) is 4.85. The Kier molecular flexibility index (Phi) is 5.45. The molecule has 1 saturated carbocycles. The number of piperidine rings is 1. The fourth-order valence-corrected chi connectivity index (χ4v) is 3.69. The van der Waals surface area contributed by atoms with E-state index in [1.807, 2.05) is 0 Å². The minimum Gasteiger partial charge on any atom is -0.349 e. The molecule has 0 unspecified atom stereocenters. The predicted molar refractivity (Wildman–Crippen MR) is 84.2 cm³/mol. The summed E-state index contributed by atoms with van der Waals surface area (Å²) in [6.07, 6.45) is 5.21. The summed E-state index contributed by atoms with van der Waals surface area (Å²) in [5.74, 6) is 0.904. The van der Waals surface area contributed by atoms with Crippen LogP contribution in [0.1, 0.15) is 32.1 Å². The molecule has 0 spiro atoms.